The quantitative estimate of drug-likeness (QED) is 0.0320. The van der Waals surface area contributed by atoms with Crippen LogP contribution in [-0.2, 0) is 14.3 Å². The van der Waals surface area contributed by atoms with Crippen LogP contribution in [0.3, 0.4) is 0 Å². The molecule has 0 aromatic rings. The van der Waals surface area contributed by atoms with Crippen LogP contribution >= 0.6 is 0 Å². The highest BCUT2D eigenvalue weighted by Crippen LogP contribution is 2.20. The fraction of sp³-hybridized carbons (Fsp3) is 0.922. The minimum atomic E-state index is -0.842. The van der Waals surface area contributed by atoms with Crippen LogP contribution in [0, 0.1) is 0 Å². The molecule has 492 valence electrons. The van der Waals surface area contributed by atoms with Crippen molar-refractivity contribution in [3.05, 3.63) is 24.3 Å². The second-order valence-corrected chi connectivity index (χ2v) is 26.3. The van der Waals surface area contributed by atoms with Gasteiger partial charge in [0.1, 0.15) is 0 Å². The number of aliphatic hydroxyl groups excluding tert-OH is 2. The van der Waals surface area contributed by atoms with E-state index in [2.05, 4.69) is 31.3 Å². The number of carbonyl (C=O) groups excluding carboxylic acids is 2. The number of esters is 1. The van der Waals surface area contributed by atoms with Crippen molar-refractivity contribution < 1.29 is 24.5 Å². The Morgan fingerprint density at radius 3 is 0.855 bits per heavy atom. The number of allylic oxidation sites excluding steroid dienone is 3. The van der Waals surface area contributed by atoms with E-state index in [0.29, 0.717) is 19.4 Å². The molecule has 0 aromatic heterocycles. The van der Waals surface area contributed by atoms with E-state index in [-0.39, 0.29) is 18.5 Å². The SMILES string of the molecule is CCCCCCCCC/C=C\CCCCCCCC(=O)OCCCCCCCCCCCCCCCCCCCCCCCCCCCCCCCCC(=O)NC(CO)C(O)/C=C/CCCCCCCCCCCCCCCCCCCC. The summed E-state index contributed by atoms with van der Waals surface area (Å²) in [5, 5.41) is 23.3. The van der Waals surface area contributed by atoms with E-state index in [1.165, 1.54) is 360 Å². The van der Waals surface area contributed by atoms with Crippen LogP contribution in [0.15, 0.2) is 24.3 Å². The molecular weight excluding hydrogens is 1020 g/mol. The Kier molecular flexibility index (Phi) is 71.4. The zero-order valence-electron chi connectivity index (χ0n) is 56.5. The maximum atomic E-state index is 12.5. The molecular formula is C77H149NO5. The van der Waals surface area contributed by atoms with E-state index < -0.39 is 12.1 Å². The third kappa shape index (κ3) is 69.3. The van der Waals surface area contributed by atoms with Gasteiger partial charge in [-0.15, -0.1) is 0 Å². The van der Waals surface area contributed by atoms with Crippen LogP contribution in [0.4, 0.5) is 0 Å². The number of nitrogens with one attached hydrogen (secondary N) is 1. The van der Waals surface area contributed by atoms with E-state index in [1.807, 2.05) is 6.08 Å². The van der Waals surface area contributed by atoms with E-state index in [0.717, 1.165) is 44.9 Å². The molecule has 6 nitrogen and oxygen atoms in total. The standard InChI is InChI=1S/C77H149NO5/c1-3-5-7-9-11-13-15-17-19-21-22-35-38-41-45-49-53-57-61-65-69-75(80)74(73-79)78-76(81)70-66-62-58-54-50-46-42-39-36-33-31-29-27-25-23-24-26-28-30-32-34-37-40-44-48-52-56-60-64-68-72-83-77(82)71-67-63-59-55-51-47-43-20-18-16-14-12-10-8-6-4-2/h20,43,65,69,74-75,79-80H,3-19,21-42,44-64,66-68,70-73H2,1-2H3,(H,78,81)/b43-20-,69-65+. The monoisotopic (exact) mass is 1170 g/mol. The summed E-state index contributed by atoms with van der Waals surface area (Å²) in [6.07, 6.45) is 92.8. The number of amides is 1. The van der Waals surface area contributed by atoms with Gasteiger partial charge in [0.15, 0.2) is 0 Å². The molecule has 3 N–H and O–H groups in total. The van der Waals surface area contributed by atoms with Crippen LogP contribution in [0.1, 0.15) is 431 Å². The average molecular weight is 1170 g/mol. The van der Waals surface area contributed by atoms with Crippen molar-refractivity contribution in [1.82, 2.24) is 5.32 Å². The van der Waals surface area contributed by atoms with Gasteiger partial charge >= 0.3 is 5.97 Å². The third-order valence-electron chi connectivity index (χ3n) is 18.0. The molecule has 0 heterocycles. The maximum Gasteiger partial charge on any atom is 0.305 e. The Hall–Kier alpha value is -1.66. The first-order valence-corrected chi connectivity index (χ1v) is 38.1. The first-order valence-electron chi connectivity index (χ1n) is 38.1. The lowest BCUT2D eigenvalue weighted by Gasteiger charge is -2.20. The Balaban J connectivity index is 3.35. The van der Waals surface area contributed by atoms with Gasteiger partial charge in [-0.05, 0) is 57.8 Å². The van der Waals surface area contributed by atoms with Crippen LogP contribution in [0.5, 0.6) is 0 Å². The average Bonchev–Trinajstić information content (AvgIpc) is 3.48. The van der Waals surface area contributed by atoms with E-state index in [9.17, 15) is 19.8 Å². The van der Waals surface area contributed by atoms with Gasteiger partial charge in [-0.1, -0.05) is 385 Å². The highest BCUT2D eigenvalue weighted by molar-refractivity contribution is 5.76. The molecule has 0 saturated heterocycles. The Morgan fingerprint density at radius 2 is 0.566 bits per heavy atom. The molecule has 0 radical (unpaired) electrons. The fourth-order valence-corrected chi connectivity index (χ4v) is 12.2. The smallest absolute Gasteiger partial charge is 0.305 e. The zero-order valence-corrected chi connectivity index (χ0v) is 56.5. The minimum Gasteiger partial charge on any atom is -0.466 e. The molecule has 0 aliphatic heterocycles. The summed E-state index contributed by atoms with van der Waals surface area (Å²) in [6.45, 7) is 4.95. The highest BCUT2D eigenvalue weighted by Gasteiger charge is 2.18. The first-order chi connectivity index (χ1) is 41.0. The summed E-state index contributed by atoms with van der Waals surface area (Å²) < 4.78 is 5.50. The molecule has 0 rings (SSSR count). The van der Waals surface area contributed by atoms with Crippen LogP contribution in [0.25, 0.3) is 0 Å². The predicted molar refractivity (Wildman–Crippen MR) is 366 cm³/mol. The Morgan fingerprint density at radius 1 is 0.325 bits per heavy atom. The molecule has 6 heteroatoms. The summed E-state index contributed by atoms with van der Waals surface area (Å²) in [4.78, 5) is 24.6. The molecule has 0 aliphatic carbocycles. The number of ether oxygens (including phenoxy) is 1. The number of unbranched alkanes of at least 4 members (excludes halogenated alkanes) is 59. The number of carbonyl (C=O) groups is 2. The van der Waals surface area contributed by atoms with Crippen molar-refractivity contribution in [2.24, 2.45) is 0 Å². The van der Waals surface area contributed by atoms with Gasteiger partial charge in [-0.3, -0.25) is 9.59 Å². The van der Waals surface area contributed by atoms with Crippen LogP contribution in [-0.4, -0.2) is 47.4 Å². The molecule has 0 aromatic carbocycles. The summed E-state index contributed by atoms with van der Waals surface area (Å²) >= 11 is 0. The largest absolute Gasteiger partial charge is 0.466 e. The molecule has 2 atom stereocenters. The van der Waals surface area contributed by atoms with E-state index in [1.54, 1.807) is 6.08 Å². The van der Waals surface area contributed by atoms with Gasteiger partial charge in [0.05, 0.1) is 25.4 Å². The molecule has 2 unspecified atom stereocenters. The normalized spacial score (nSPS) is 12.6. The van der Waals surface area contributed by atoms with Crippen molar-refractivity contribution >= 4 is 11.9 Å². The van der Waals surface area contributed by atoms with Gasteiger partial charge < -0.3 is 20.3 Å². The van der Waals surface area contributed by atoms with Gasteiger partial charge in [0.2, 0.25) is 5.91 Å². The molecule has 1 amide bonds. The van der Waals surface area contributed by atoms with Crippen molar-refractivity contribution in [3.63, 3.8) is 0 Å². The molecule has 83 heavy (non-hydrogen) atoms. The molecule has 0 saturated carbocycles. The number of rotatable bonds is 72. The summed E-state index contributed by atoms with van der Waals surface area (Å²) in [5.74, 6) is -0.0464. The summed E-state index contributed by atoms with van der Waals surface area (Å²) in [6, 6.07) is -0.625. The fourth-order valence-electron chi connectivity index (χ4n) is 12.2. The molecule has 0 aliphatic rings. The predicted octanol–water partition coefficient (Wildman–Crippen LogP) is 24.9. The molecule has 0 bridgehead atoms. The summed E-state index contributed by atoms with van der Waals surface area (Å²) in [7, 11) is 0. The second kappa shape index (κ2) is 72.8. The maximum absolute atomic E-state index is 12.5. The zero-order chi connectivity index (χ0) is 59.9. The van der Waals surface area contributed by atoms with Crippen molar-refractivity contribution in [2.45, 2.75) is 443 Å². The van der Waals surface area contributed by atoms with Gasteiger partial charge in [-0.25, -0.2) is 0 Å². The lowest BCUT2D eigenvalue weighted by molar-refractivity contribution is -0.143. The minimum absolute atomic E-state index is 0.0133. The number of aliphatic hydroxyl groups is 2. The van der Waals surface area contributed by atoms with E-state index in [4.69, 9.17) is 4.74 Å². The lowest BCUT2D eigenvalue weighted by atomic mass is 10.0. The van der Waals surface area contributed by atoms with Crippen LogP contribution in [0.2, 0.25) is 0 Å². The Bertz CT molecular complexity index is 1300. The van der Waals surface area contributed by atoms with Gasteiger partial charge in [0.25, 0.3) is 0 Å². The van der Waals surface area contributed by atoms with Crippen molar-refractivity contribution in [1.29, 1.82) is 0 Å². The second-order valence-electron chi connectivity index (χ2n) is 26.3. The number of hydrogen-bond donors (Lipinski definition) is 3. The van der Waals surface area contributed by atoms with E-state index >= 15 is 0 Å². The molecule has 0 fully saturated rings. The highest BCUT2D eigenvalue weighted by atomic mass is 16.5. The number of hydrogen-bond acceptors (Lipinski definition) is 5. The first kappa shape index (κ1) is 81.3. The van der Waals surface area contributed by atoms with Gasteiger partial charge in [0, 0.05) is 12.8 Å². The molecule has 0 spiro atoms. The Labute approximate surface area is 520 Å². The third-order valence-corrected chi connectivity index (χ3v) is 18.0. The topological polar surface area (TPSA) is 95.9 Å². The van der Waals surface area contributed by atoms with Crippen LogP contribution < -0.4 is 5.32 Å². The van der Waals surface area contributed by atoms with Crippen molar-refractivity contribution in [2.75, 3.05) is 13.2 Å². The van der Waals surface area contributed by atoms with Gasteiger partial charge in [-0.2, -0.15) is 0 Å². The summed E-state index contributed by atoms with van der Waals surface area (Å²) in [5.41, 5.74) is 0. The lowest BCUT2D eigenvalue weighted by Crippen LogP contribution is -2.45. The van der Waals surface area contributed by atoms with Crippen molar-refractivity contribution in [3.8, 4) is 0 Å².